The van der Waals surface area contributed by atoms with Gasteiger partial charge in [-0.25, -0.2) is 9.37 Å². The van der Waals surface area contributed by atoms with Crippen LogP contribution in [0.3, 0.4) is 0 Å². The number of halogens is 2. The smallest absolute Gasteiger partial charge is 0.275 e. The van der Waals surface area contributed by atoms with Crippen molar-refractivity contribution in [3.05, 3.63) is 40.1 Å². The van der Waals surface area contributed by atoms with Crippen molar-refractivity contribution < 1.29 is 13.9 Å². The number of amides is 1. The Hall–Kier alpha value is -1.70. The lowest BCUT2D eigenvalue weighted by atomic mass is 10.2. The van der Waals surface area contributed by atoms with E-state index in [0.29, 0.717) is 10.8 Å². The van der Waals surface area contributed by atoms with E-state index in [1.54, 1.807) is 11.4 Å². The van der Waals surface area contributed by atoms with E-state index < -0.39 is 11.7 Å². The number of hydrogen-bond donors (Lipinski definition) is 2. The first-order valence-corrected chi connectivity index (χ1v) is 7.29. The fourth-order valence-electron chi connectivity index (χ4n) is 1.64. The number of rotatable bonds is 5. The van der Waals surface area contributed by atoms with Crippen LogP contribution in [-0.2, 0) is 6.54 Å². The zero-order chi connectivity index (χ0) is 15.4. The average Bonchev–Trinajstić information content (AvgIpc) is 2.90. The van der Waals surface area contributed by atoms with E-state index in [4.69, 9.17) is 10.5 Å². The van der Waals surface area contributed by atoms with Crippen molar-refractivity contribution in [3.8, 4) is 5.75 Å². The molecule has 3 N–H and O–H groups in total. The number of nitrogens with two attached hydrogens (primary N) is 1. The molecule has 0 saturated carbocycles. The van der Waals surface area contributed by atoms with Crippen molar-refractivity contribution in [1.29, 1.82) is 0 Å². The van der Waals surface area contributed by atoms with Crippen molar-refractivity contribution in [1.82, 2.24) is 4.98 Å². The fraction of sp³-hybridized carbons (Fsp3) is 0.286. The Labute approximate surface area is 138 Å². The van der Waals surface area contributed by atoms with Crippen LogP contribution in [0, 0.1) is 5.82 Å². The maximum atomic E-state index is 13.9. The molecule has 0 aliphatic heterocycles. The van der Waals surface area contributed by atoms with Gasteiger partial charge in [-0.2, -0.15) is 0 Å². The molecule has 0 saturated heterocycles. The minimum absolute atomic E-state index is 0. The molecule has 2 rings (SSSR count). The molecule has 0 fully saturated rings. The van der Waals surface area contributed by atoms with E-state index in [-0.39, 0.29) is 36.4 Å². The molecule has 0 atom stereocenters. The van der Waals surface area contributed by atoms with Crippen LogP contribution < -0.4 is 15.8 Å². The monoisotopic (exact) mass is 345 g/mol. The number of ether oxygens (including phenoxy) is 1. The molecule has 0 aliphatic carbocycles. The van der Waals surface area contributed by atoms with Gasteiger partial charge in [0, 0.05) is 18.0 Å². The first kappa shape index (κ1) is 18.3. The number of nitrogens with one attached hydrogen (secondary N) is 1. The maximum Gasteiger partial charge on any atom is 0.275 e. The Morgan fingerprint density at radius 1 is 1.50 bits per heavy atom. The topological polar surface area (TPSA) is 77.2 Å². The number of thiazole rings is 1. The zero-order valence-corrected chi connectivity index (χ0v) is 13.8. The molecule has 1 aromatic carbocycles. The molecule has 5 nitrogen and oxygen atoms in total. The van der Waals surface area contributed by atoms with Crippen LogP contribution in [0.25, 0.3) is 0 Å². The van der Waals surface area contributed by atoms with Gasteiger partial charge < -0.3 is 15.8 Å². The lowest BCUT2D eigenvalue weighted by molar-refractivity contribution is 0.102. The Bertz CT molecular complexity index is 649. The van der Waals surface area contributed by atoms with Crippen LogP contribution in [0.2, 0.25) is 0 Å². The summed E-state index contributed by atoms with van der Waals surface area (Å²) in [5.41, 5.74) is 5.74. The molecular formula is C14H17ClFN3O2S. The third-order valence-electron chi connectivity index (χ3n) is 2.52. The van der Waals surface area contributed by atoms with Gasteiger partial charge in [-0.1, -0.05) is 0 Å². The summed E-state index contributed by atoms with van der Waals surface area (Å²) in [7, 11) is 0. The average molecular weight is 346 g/mol. The number of nitrogens with zero attached hydrogens (tertiary/aromatic N) is 1. The summed E-state index contributed by atoms with van der Waals surface area (Å²) >= 11 is 1.29. The first-order valence-electron chi connectivity index (χ1n) is 6.41. The third-order valence-corrected chi connectivity index (χ3v) is 3.39. The molecule has 0 radical (unpaired) electrons. The summed E-state index contributed by atoms with van der Waals surface area (Å²) in [6.45, 7) is 3.98. The van der Waals surface area contributed by atoms with Crippen LogP contribution in [0.4, 0.5) is 10.1 Å². The molecule has 0 unspecified atom stereocenters. The normalized spacial score (nSPS) is 10.2. The molecule has 22 heavy (non-hydrogen) atoms. The van der Waals surface area contributed by atoms with Crippen LogP contribution >= 0.6 is 23.7 Å². The number of carbonyl (C=O) groups is 1. The highest BCUT2D eigenvalue weighted by Gasteiger charge is 2.13. The minimum Gasteiger partial charge on any atom is -0.491 e. The molecule has 0 bridgehead atoms. The van der Waals surface area contributed by atoms with E-state index in [9.17, 15) is 9.18 Å². The van der Waals surface area contributed by atoms with E-state index >= 15 is 0 Å². The Morgan fingerprint density at radius 3 is 2.77 bits per heavy atom. The van der Waals surface area contributed by atoms with Crippen LogP contribution in [-0.4, -0.2) is 17.0 Å². The number of aromatic nitrogens is 1. The van der Waals surface area contributed by atoms with Crippen molar-refractivity contribution in [2.75, 3.05) is 5.32 Å². The second-order valence-electron chi connectivity index (χ2n) is 4.59. The summed E-state index contributed by atoms with van der Waals surface area (Å²) in [5.74, 6) is -0.613. The SMILES string of the molecule is CC(C)Oc1ccc(NC(=O)c2csc(CN)n2)c(F)c1.Cl. The van der Waals surface area contributed by atoms with Crippen molar-refractivity contribution >= 4 is 35.3 Å². The lowest BCUT2D eigenvalue weighted by Crippen LogP contribution is -2.14. The van der Waals surface area contributed by atoms with E-state index in [0.717, 1.165) is 0 Å². The second kappa shape index (κ2) is 8.07. The third kappa shape index (κ3) is 4.66. The summed E-state index contributed by atoms with van der Waals surface area (Å²) in [6.07, 6.45) is -0.0467. The van der Waals surface area contributed by atoms with Gasteiger partial charge in [-0.05, 0) is 26.0 Å². The number of anilines is 1. The van der Waals surface area contributed by atoms with Gasteiger partial charge in [0.15, 0.2) is 0 Å². The van der Waals surface area contributed by atoms with Crippen LogP contribution in [0.1, 0.15) is 29.3 Å². The molecule has 0 spiro atoms. The molecule has 120 valence electrons. The number of carbonyl (C=O) groups excluding carboxylic acids is 1. The van der Waals surface area contributed by atoms with Crippen molar-refractivity contribution in [2.45, 2.75) is 26.5 Å². The standard InChI is InChI=1S/C14H16FN3O2S.ClH/c1-8(2)20-9-3-4-11(10(15)5-9)18-14(19)12-7-21-13(6-16)17-12;/h3-5,7-8H,6,16H2,1-2H3,(H,18,19);1H. The summed E-state index contributed by atoms with van der Waals surface area (Å²) in [6, 6.07) is 4.30. The van der Waals surface area contributed by atoms with Gasteiger partial charge in [0.1, 0.15) is 22.3 Å². The number of benzene rings is 1. The van der Waals surface area contributed by atoms with Gasteiger partial charge in [-0.15, -0.1) is 23.7 Å². The molecule has 1 amide bonds. The molecule has 1 heterocycles. The maximum absolute atomic E-state index is 13.9. The molecule has 1 aromatic heterocycles. The predicted molar refractivity (Wildman–Crippen MR) is 87.4 cm³/mol. The van der Waals surface area contributed by atoms with E-state index in [1.807, 2.05) is 13.8 Å². The molecule has 2 aromatic rings. The van der Waals surface area contributed by atoms with E-state index in [2.05, 4.69) is 10.3 Å². The van der Waals surface area contributed by atoms with Crippen LogP contribution in [0.15, 0.2) is 23.6 Å². The quantitative estimate of drug-likeness (QED) is 0.872. The summed E-state index contributed by atoms with van der Waals surface area (Å²) in [4.78, 5) is 16.0. The van der Waals surface area contributed by atoms with Gasteiger partial charge in [0.05, 0.1) is 11.8 Å². The van der Waals surface area contributed by atoms with Crippen molar-refractivity contribution in [3.63, 3.8) is 0 Å². The lowest BCUT2D eigenvalue weighted by Gasteiger charge is -2.11. The first-order chi connectivity index (χ1) is 9.99. The summed E-state index contributed by atoms with van der Waals surface area (Å²) < 4.78 is 19.3. The van der Waals surface area contributed by atoms with Gasteiger partial charge in [-0.3, -0.25) is 4.79 Å². The molecule has 8 heteroatoms. The highest BCUT2D eigenvalue weighted by Crippen LogP contribution is 2.22. The van der Waals surface area contributed by atoms with Crippen LogP contribution in [0.5, 0.6) is 5.75 Å². The van der Waals surface area contributed by atoms with Gasteiger partial charge >= 0.3 is 0 Å². The van der Waals surface area contributed by atoms with Crippen molar-refractivity contribution in [2.24, 2.45) is 5.73 Å². The molecule has 0 aliphatic rings. The fourth-order valence-corrected chi connectivity index (χ4v) is 2.29. The Balaban J connectivity index is 0.00000242. The number of hydrogen-bond acceptors (Lipinski definition) is 5. The highest BCUT2D eigenvalue weighted by molar-refractivity contribution is 7.09. The Kier molecular flexibility index (Phi) is 6.73. The highest BCUT2D eigenvalue weighted by atomic mass is 35.5. The molecular weight excluding hydrogens is 329 g/mol. The van der Waals surface area contributed by atoms with Gasteiger partial charge in [0.2, 0.25) is 0 Å². The minimum atomic E-state index is -0.559. The Morgan fingerprint density at radius 2 is 2.23 bits per heavy atom. The summed E-state index contributed by atoms with van der Waals surface area (Å²) in [5, 5.41) is 4.72. The largest absolute Gasteiger partial charge is 0.491 e. The van der Waals surface area contributed by atoms with Gasteiger partial charge in [0.25, 0.3) is 5.91 Å². The van der Waals surface area contributed by atoms with E-state index in [1.165, 1.54) is 23.5 Å². The predicted octanol–water partition coefficient (Wildman–Crippen LogP) is 3.20. The second-order valence-corrected chi connectivity index (χ2v) is 5.54. The zero-order valence-electron chi connectivity index (χ0n) is 12.1.